The Morgan fingerprint density at radius 1 is 1.04 bits per heavy atom. The summed E-state index contributed by atoms with van der Waals surface area (Å²) in [5.74, 6) is -1.38. The predicted octanol–water partition coefficient (Wildman–Crippen LogP) is 1.47. The molecule has 2 aromatic rings. The first-order valence-electron chi connectivity index (χ1n) is 6.84. The van der Waals surface area contributed by atoms with Crippen molar-refractivity contribution in [2.24, 2.45) is 5.73 Å². The molecule has 3 amide bonds. The van der Waals surface area contributed by atoms with Crippen molar-refractivity contribution in [2.45, 2.75) is 6.54 Å². The van der Waals surface area contributed by atoms with Crippen LogP contribution in [0.15, 0.2) is 30.3 Å². The zero-order chi connectivity index (χ0) is 17.7. The van der Waals surface area contributed by atoms with Crippen molar-refractivity contribution >= 4 is 40.9 Å². The molecule has 1 aromatic heterocycles. The Morgan fingerprint density at radius 2 is 1.71 bits per heavy atom. The number of amides is 3. The maximum absolute atomic E-state index is 11.9. The molecule has 1 heterocycles. The summed E-state index contributed by atoms with van der Waals surface area (Å²) in [4.78, 5) is 37.0. The number of hydrogen-bond acceptors (Lipinski definition) is 3. The van der Waals surface area contributed by atoms with Gasteiger partial charge in [-0.3, -0.25) is 14.4 Å². The molecule has 7 nitrogen and oxygen atoms in total. The van der Waals surface area contributed by atoms with Crippen molar-refractivity contribution in [3.8, 4) is 0 Å². The highest BCUT2D eigenvalue weighted by Gasteiger charge is 2.11. The third-order valence-corrected chi connectivity index (χ3v) is 3.76. The number of nitrogens with one attached hydrogen (secondary N) is 3. The van der Waals surface area contributed by atoms with E-state index in [-0.39, 0.29) is 34.9 Å². The Balaban J connectivity index is 1.90. The van der Waals surface area contributed by atoms with Crippen molar-refractivity contribution in [3.63, 3.8) is 0 Å². The van der Waals surface area contributed by atoms with Gasteiger partial charge < -0.3 is 21.4 Å². The Kier molecular flexibility index (Phi) is 5.83. The number of aromatic amines is 1. The molecule has 24 heavy (non-hydrogen) atoms. The maximum Gasteiger partial charge on any atom is 0.268 e. The lowest BCUT2D eigenvalue weighted by molar-refractivity contribution is -0.117. The highest BCUT2D eigenvalue weighted by Crippen LogP contribution is 2.21. The summed E-state index contributed by atoms with van der Waals surface area (Å²) in [6, 6.07) is 7.98. The summed E-state index contributed by atoms with van der Waals surface area (Å²) in [7, 11) is 0. The van der Waals surface area contributed by atoms with Crippen LogP contribution in [0.4, 0.5) is 0 Å². The van der Waals surface area contributed by atoms with Gasteiger partial charge in [0.2, 0.25) is 5.91 Å². The zero-order valence-corrected chi connectivity index (χ0v) is 13.9. The van der Waals surface area contributed by atoms with Gasteiger partial charge in [-0.25, -0.2) is 0 Å². The van der Waals surface area contributed by atoms with E-state index < -0.39 is 11.8 Å². The summed E-state index contributed by atoms with van der Waals surface area (Å²) in [6.07, 6.45) is 0. The van der Waals surface area contributed by atoms with Crippen LogP contribution >= 0.6 is 23.2 Å². The van der Waals surface area contributed by atoms with Crippen LogP contribution in [0.25, 0.3) is 0 Å². The van der Waals surface area contributed by atoms with Gasteiger partial charge in [0, 0.05) is 12.1 Å². The molecule has 126 valence electrons. The zero-order valence-electron chi connectivity index (χ0n) is 12.4. The number of carbonyl (C=O) groups is 3. The van der Waals surface area contributed by atoms with Gasteiger partial charge in [-0.05, 0) is 23.8 Å². The van der Waals surface area contributed by atoms with Crippen LogP contribution in [-0.2, 0) is 11.3 Å². The lowest BCUT2D eigenvalue weighted by Gasteiger charge is -2.06. The molecule has 9 heteroatoms. The Morgan fingerprint density at radius 3 is 2.25 bits per heavy atom. The first-order valence-corrected chi connectivity index (χ1v) is 7.60. The molecule has 0 aliphatic carbocycles. The fourth-order valence-electron chi connectivity index (χ4n) is 1.85. The van der Waals surface area contributed by atoms with Crippen molar-refractivity contribution < 1.29 is 14.4 Å². The molecular formula is C15H14Cl2N4O3. The fraction of sp³-hybridized carbons (Fsp3) is 0.133. The van der Waals surface area contributed by atoms with Gasteiger partial charge in [0.05, 0.1) is 11.6 Å². The van der Waals surface area contributed by atoms with Gasteiger partial charge in [-0.1, -0.05) is 35.3 Å². The van der Waals surface area contributed by atoms with E-state index in [1.165, 1.54) is 6.07 Å². The van der Waals surface area contributed by atoms with Crippen molar-refractivity contribution in [1.29, 1.82) is 0 Å². The van der Waals surface area contributed by atoms with Crippen LogP contribution < -0.4 is 16.4 Å². The van der Waals surface area contributed by atoms with E-state index in [1.807, 2.05) is 0 Å². The summed E-state index contributed by atoms with van der Waals surface area (Å²) >= 11 is 11.5. The molecule has 1 aromatic carbocycles. The average Bonchev–Trinajstić information content (AvgIpc) is 2.90. The minimum absolute atomic E-state index is 0.202. The molecule has 0 atom stereocenters. The second-order valence-corrected chi connectivity index (χ2v) is 5.66. The van der Waals surface area contributed by atoms with E-state index >= 15 is 0 Å². The second-order valence-electron chi connectivity index (χ2n) is 4.87. The van der Waals surface area contributed by atoms with Crippen LogP contribution in [-0.4, -0.2) is 29.3 Å². The van der Waals surface area contributed by atoms with E-state index in [0.717, 1.165) is 5.56 Å². The number of rotatable bonds is 6. The summed E-state index contributed by atoms with van der Waals surface area (Å²) in [5.41, 5.74) is 6.39. The quantitative estimate of drug-likeness (QED) is 0.618. The number of nitrogens with two attached hydrogens (primary N) is 1. The van der Waals surface area contributed by atoms with Crippen LogP contribution in [0, 0.1) is 0 Å². The van der Waals surface area contributed by atoms with E-state index in [2.05, 4.69) is 15.6 Å². The number of H-pyrrole nitrogens is 1. The number of hydrogen-bond donors (Lipinski definition) is 4. The molecule has 2 rings (SSSR count). The van der Waals surface area contributed by atoms with Crippen molar-refractivity contribution in [2.75, 3.05) is 6.54 Å². The Labute approximate surface area is 147 Å². The minimum atomic E-state index is -0.618. The molecule has 0 aliphatic rings. The van der Waals surface area contributed by atoms with Crippen LogP contribution in [0.5, 0.6) is 0 Å². The third-order valence-electron chi connectivity index (χ3n) is 3.06. The largest absolute Gasteiger partial charge is 0.368 e. The lowest BCUT2D eigenvalue weighted by Crippen LogP contribution is -2.33. The lowest BCUT2D eigenvalue weighted by atomic mass is 10.1. The second kappa shape index (κ2) is 7.85. The minimum Gasteiger partial charge on any atom is -0.368 e. The monoisotopic (exact) mass is 368 g/mol. The topological polar surface area (TPSA) is 117 Å². The summed E-state index contributed by atoms with van der Waals surface area (Å²) in [6.45, 7) is 0.0359. The number of aromatic nitrogens is 1. The molecule has 0 fully saturated rings. The predicted molar refractivity (Wildman–Crippen MR) is 90.0 cm³/mol. The fourth-order valence-corrected chi connectivity index (χ4v) is 2.16. The van der Waals surface area contributed by atoms with E-state index in [1.54, 1.807) is 24.3 Å². The van der Waals surface area contributed by atoms with Crippen LogP contribution in [0.2, 0.25) is 10.2 Å². The van der Waals surface area contributed by atoms with Crippen molar-refractivity contribution in [3.05, 3.63) is 57.3 Å². The normalized spacial score (nSPS) is 10.2. The summed E-state index contributed by atoms with van der Waals surface area (Å²) in [5, 5.41) is 5.55. The van der Waals surface area contributed by atoms with E-state index in [4.69, 9.17) is 28.9 Å². The molecule has 5 N–H and O–H groups in total. The molecule has 0 radical (unpaired) electrons. The Bertz CT molecular complexity index is 752. The van der Waals surface area contributed by atoms with Gasteiger partial charge in [0.25, 0.3) is 11.8 Å². The first kappa shape index (κ1) is 17.8. The average molecular weight is 369 g/mol. The molecule has 0 bridgehead atoms. The molecule has 0 spiro atoms. The first-order chi connectivity index (χ1) is 11.4. The van der Waals surface area contributed by atoms with Crippen LogP contribution in [0.3, 0.4) is 0 Å². The molecule has 0 saturated heterocycles. The number of carbonyl (C=O) groups excluding carboxylic acids is 3. The highest BCUT2D eigenvalue weighted by molar-refractivity contribution is 6.41. The van der Waals surface area contributed by atoms with Gasteiger partial charge in [-0.15, -0.1) is 0 Å². The Hall–Kier alpha value is -2.51. The molecule has 0 unspecified atom stereocenters. The van der Waals surface area contributed by atoms with Gasteiger partial charge >= 0.3 is 0 Å². The number of halogens is 2. The van der Waals surface area contributed by atoms with Crippen LogP contribution in [0.1, 0.15) is 26.4 Å². The van der Waals surface area contributed by atoms with Gasteiger partial charge in [0.15, 0.2) is 0 Å². The standard InChI is InChI=1S/C15H14Cl2N4O3/c16-10-5-11(21-13(10)17)15(24)19-6-8-1-3-9(4-2-8)14(23)20-7-12(18)22/h1-5,21H,6-7H2,(H2,18,22)(H,19,24)(H,20,23). The SMILES string of the molecule is NC(=O)CNC(=O)c1ccc(CNC(=O)c2cc(Cl)c(Cl)[nH]2)cc1. The van der Waals surface area contributed by atoms with Gasteiger partial charge in [-0.2, -0.15) is 0 Å². The molecule has 0 aliphatic heterocycles. The highest BCUT2D eigenvalue weighted by atomic mass is 35.5. The van der Waals surface area contributed by atoms with E-state index in [0.29, 0.717) is 5.56 Å². The van der Waals surface area contributed by atoms with E-state index in [9.17, 15) is 14.4 Å². The smallest absolute Gasteiger partial charge is 0.268 e. The third kappa shape index (κ3) is 4.74. The van der Waals surface area contributed by atoms with Gasteiger partial charge in [0.1, 0.15) is 10.8 Å². The number of benzene rings is 1. The number of primary amides is 1. The molecular weight excluding hydrogens is 355 g/mol. The summed E-state index contributed by atoms with van der Waals surface area (Å²) < 4.78 is 0. The molecule has 0 saturated carbocycles. The maximum atomic E-state index is 11.9. The van der Waals surface area contributed by atoms with Crippen molar-refractivity contribution in [1.82, 2.24) is 15.6 Å².